The van der Waals surface area contributed by atoms with E-state index in [0.717, 1.165) is 23.7 Å². The Morgan fingerprint density at radius 2 is 1.70 bits per heavy atom. The van der Waals surface area contributed by atoms with Gasteiger partial charge in [0.05, 0.1) is 5.69 Å². The zero-order valence-corrected chi connectivity index (χ0v) is 21.2. The molecule has 1 nitrogen and oxygen atoms in total. The van der Waals surface area contributed by atoms with Crippen molar-refractivity contribution in [2.75, 3.05) is 5.75 Å². The van der Waals surface area contributed by atoms with E-state index in [2.05, 4.69) is 94.9 Å². The molecule has 3 aromatic rings. The van der Waals surface area contributed by atoms with Crippen molar-refractivity contribution in [1.82, 2.24) is 0 Å². The van der Waals surface area contributed by atoms with E-state index in [1.165, 1.54) is 56.9 Å². The fourth-order valence-electron chi connectivity index (χ4n) is 4.44. The van der Waals surface area contributed by atoms with E-state index in [9.17, 15) is 0 Å². The molecule has 1 unspecified atom stereocenters. The second-order valence-electron chi connectivity index (χ2n) is 9.29. The van der Waals surface area contributed by atoms with Gasteiger partial charge in [-0.05, 0) is 104 Å². The number of rotatable bonds is 9. The van der Waals surface area contributed by atoms with Crippen molar-refractivity contribution < 1.29 is 0 Å². The van der Waals surface area contributed by atoms with Crippen LogP contribution in [0.5, 0.6) is 0 Å². The van der Waals surface area contributed by atoms with Gasteiger partial charge >= 0.3 is 0 Å². The molecule has 0 N–H and O–H groups in total. The lowest BCUT2D eigenvalue weighted by Gasteiger charge is -2.18. The maximum absolute atomic E-state index is 5.16. The van der Waals surface area contributed by atoms with Crippen LogP contribution in [0.15, 0.2) is 83.2 Å². The van der Waals surface area contributed by atoms with Crippen molar-refractivity contribution in [1.29, 1.82) is 0 Å². The molecule has 1 atom stereocenters. The van der Waals surface area contributed by atoms with E-state index in [1.807, 2.05) is 17.8 Å². The summed E-state index contributed by atoms with van der Waals surface area (Å²) < 4.78 is 0. The summed E-state index contributed by atoms with van der Waals surface area (Å²) in [6.45, 7) is 12.9. The van der Waals surface area contributed by atoms with Crippen LogP contribution < -0.4 is 0 Å². The normalized spacial score (nSPS) is 14.8. The zero-order valence-electron chi connectivity index (χ0n) is 20.4. The largest absolute Gasteiger partial charge is 0.253 e. The molecule has 0 bridgehead atoms. The van der Waals surface area contributed by atoms with Gasteiger partial charge in [-0.2, -0.15) is 0 Å². The fraction of sp³-hybridized carbons (Fsp3) is 0.323. The molecule has 0 aromatic heterocycles. The van der Waals surface area contributed by atoms with Crippen molar-refractivity contribution in [3.63, 3.8) is 0 Å². The second-order valence-corrected chi connectivity index (χ2v) is 10.4. The number of benzene rings is 3. The lowest BCUT2D eigenvalue weighted by Crippen LogP contribution is -2.09. The Kier molecular flexibility index (Phi) is 7.55. The van der Waals surface area contributed by atoms with Crippen molar-refractivity contribution in [2.24, 2.45) is 10.9 Å². The topological polar surface area (TPSA) is 12.4 Å². The second kappa shape index (κ2) is 10.6. The first-order valence-corrected chi connectivity index (χ1v) is 13.1. The SMILES string of the molecule is C=C/C(=N\c1cc(-c2ccccc2C)c(C)cc1C)C(CC)c1ccc(SCC2CC2)cc1. The molecule has 0 spiro atoms. The monoisotopic (exact) mass is 453 g/mol. The number of hydrogen-bond acceptors (Lipinski definition) is 2. The number of thioether (sulfide) groups is 1. The van der Waals surface area contributed by atoms with E-state index in [4.69, 9.17) is 4.99 Å². The van der Waals surface area contributed by atoms with Gasteiger partial charge in [0, 0.05) is 22.3 Å². The van der Waals surface area contributed by atoms with Crippen LogP contribution in [0.2, 0.25) is 0 Å². The molecule has 3 aromatic carbocycles. The Bertz CT molecular complexity index is 1150. The highest BCUT2D eigenvalue weighted by Gasteiger charge is 2.21. The molecular formula is C31H35NS. The van der Waals surface area contributed by atoms with Crippen LogP contribution in [0.3, 0.4) is 0 Å². The van der Waals surface area contributed by atoms with Crippen LogP contribution in [-0.4, -0.2) is 11.5 Å². The number of allylic oxidation sites excluding steroid dienone is 1. The quantitative estimate of drug-likeness (QED) is 0.232. The van der Waals surface area contributed by atoms with Gasteiger partial charge in [0.25, 0.3) is 0 Å². The first-order chi connectivity index (χ1) is 16.0. The van der Waals surface area contributed by atoms with Gasteiger partial charge in [-0.15, -0.1) is 11.8 Å². The molecule has 0 saturated heterocycles. The summed E-state index contributed by atoms with van der Waals surface area (Å²) >= 11 is 1.99. The number of aliphatic imine (C=N–C) groups is 1. The van der Waals surface area contributed by atoms with Gasteiger partial charge < -0.3 is 0 Å². The molecule has 1 aliphatic carbocycles. The molecule has 1 saturated carbocycles. The van der Waals surface area contributed by atoms with Gasteiger partial charge in [-0.1, -0.05) is 56.0 Å². The Balaban J connectivity index is 1.65. The predicted molar refractivity (Wildman–Crippen MR) is 146 cm³/mol. The molecule has 2 heteroatoms. The molecule has 0 aliphatic heterocycles. The fourth-order valence-corrected chi connectivity index (χ4v) is 5.53. The van der Waals surface area contributed by atoms with Crippen molar-refractivity contribution >= 4 is 23.2 Å². The average molecular weight is 454 g/mol. The maximum Gasteiger partial charge on any atom is 0.0668 e. The molecule has 1 fully saturated rings. The molecule has 0 amide bonds. The smallest absolute Gasteiger partial charge is 0.0668 e. The predicted octanol–water partition coefficient (Wildman–Crippen LogP) is 9.23. The summed E-state index contributed by atoms with van der Waals surface area (Å²) in [6.07, 6.45) is 5.75. The lowest BCUT2D eigenvalue weighted by atomic mass is 9.91. The Morgan fingerprint density at radius 3 is 2.33 bits per heavy atom. The van der Waals surface area contributed by atoms with E-state index >= 15 is 0 Å². The van der Waals surface area contributed by atoms with Crippen LogP contribution in [0, 0.1) is 26.7 Å². The van der Waals surface area contributed by atoms with Gasteiger partial charge in [0.15, 0.2) is 0 Å². The summed E-state index contributed by atoms with van der Waals surface area (Å²) in [5.41, 5.74) is 9.69. The highest BCUT2D eigenvalue weighted by atomic mass is 32.2. The minimum absolute atomic E-state index is 0.243. The van der Waals surface area contributed by atoms with E-state index in [-0.39, 0.29) is 5.92 Å². The van der Waals surface area contributed by atoms with Crippen molar-refractivity contribution in [3.8, 4) is 11.1 Å². The molecule has 33 heavy (non-hydrogen) atoms. The third-order valence-electron chi connectivity index (χ3n) is 6.67. The van der Waals surface area contributed by atoms with Crippen molar-refractivity contribution in [3.05, 3.63) is 95.6 Å². The third kappa shape index (κ3) is 5.68. The Labute approximate surface area is 204 Å². The molecule has 170 valence electrons. The highest BCUT2D eigenvalue weighted by Crippen LogP contribution is 2.36. The van der Waals surface area contributed by atoms with Gasteiger partial charge in [-0.25, -0.2) is 0 Å². The maximum atomic E-state index is 5.16. The van der Waals surface area contributed by atoms with Gasteiger partial charge in [-0.3, -0.25) is 4.99 Å². The summed E-state index contributed by atoms with van der Waals surface area (Å²) in [6, 6.07) is 22.2. The molecule has 0 heterocycles. The zero-order chi connectivity index (χ0) is 23.4. The first kappa shape index (κ1) is 23.6. The van der Waals surface area contributed by atoms with E-state index in [1.54, 1.807) is 0 Å². The summed E-state index contributed by atoms with van der Waals surface area (Å²) in [7, 11) is 0. The Hall–Kier alpha value is -2.58. The van der Waals surface area contributed by atoms with Crippen LogP contribution in [0.4, 0.5) is 5.69 Å². The standard InChI is InChI=1S/C31H35NS/c1-6-27(25-14-16-26(17-15-25)33-20-24-12-13-24)30(7-2)32-31-19-29(22(4)18-23(31)5)28-11-9-8-10-21(28)3/h7-11,14-19,24,27H,2,6,12-13,20H2,1,3-5H3/b32-30+. The van der Waals surface area contributed by atoms with E-state index in [0.29, 0.717) is 0 Å². The minimum atomic E-state index is 0.243. The van der Waals surface area contributed by atoms with Gasteiger partial charge in [0.2, 0.25) is 0 Å². The van der Waals surface area contributed by atoms with Gasteiger partial charge in [0.1, 0.15) is 0 Å². The summed E-state index contributed by atoms with van der Waals surface area (Å²) in [5, 5.41) is 0. The van der Waals surface area contributed by atoms with Crippen molar-refractivity contribution in [2.45, 2.75) is 57.8 Å². The first-order valence-electron chi connectivity index (χ1n) is 12.1. The molecule has 1 aliphatic rings. The summed E-state index contributed by atoms with van der Waals surface area (Å²) in [5.74, 6) is 2.44. The van der Waals surface area contributed by atoms with E-state index < -0.39 is 0 Å². The molecule has 4 rings (SSSR count). The third-order valence-corrected chi connectivity index (χ3v) is 7.91. The lowest BCUT2D eigenvalue weighted by molar-refractivity contribution is 0.845. The van der Waals surface area contributed by atoms with Crippen LogP contribution in [0.25, 0.3) is 11.1 Å². The van der Waals surface area contributed by atoms with Crippen LogP contribution >= 0.6 is 11.8 Å². The average Bonchev–Trinajstić information content (AvgIpc) is 3.65. The molecule has 0 radical (unpaired) electrons. The number of nitrogens with zero attached hydrogens (tertiary/aromatic N) is 1. The molecular weight excluding hydrogens is 418 g/mol. The van der Waals surface area contributed by atoms with Crippen LogP contribution in [0.1, 0.15) is 54.4 Å². The summed E-state index contributed by atoms with van der Waals surface area (Å²) in [4.78, 5) is 6.53. The Morgan fingerprint density at radius 1 is 0.970 bits per heavy atom. The minimum Gasteiger partial charge on any atom is -0.253 e. The number of aryl methyl sites for hydroxylation is 3. The number of hydrogen-bond donors (Lipinski definition) is 0. The van der Waals surface area contributed by atoms with Crippen LogP contribution in [-0.2, 0) is 0 Å². The highest BCUT2D eigenvalue weighted by molar-refractivity contribution is 7.99.